The zero-order valence-corrected chi connectivity index (χ0v) is 16.4. The van der Waals surface area contributed by atoms with Gasteiger partial charge in [-0.2, -0.15) is 0 Å². The molecule has 0 aliphatic carbocycles. The first-order chi connectivity index (χ1) is 11.8. The maximum absolute atomic E-state index is 12.6. The molecule has 0 radical (unpaired) electrons. The van der Waals surface area contributed by atoms with Gasteiger partial charge in [0, 0.05) is 30.6 Å². The molecule has 0 aromatic heterocycles. The molecular weight excluding hydrogens is 360 g/mol. The lowest BCUT2D eigenvalue weighted by atomic mass is 9.97. The minimum atomic E-state index is -3.37. The molecule has 0 spiro atoms. The summed E-state index contributed by atoms with van der Waals surface area (Å²) in [5.74, 6) is 0.486. The Balaban J connectivity index is 1.84. The zero-order valence-electron chi connectivity index (χ0n) is 14.9. The Morgan fingerprint density at radius 2 is 1.84 bits per heavy atom. The summed E-state index contributed by atoms with van der Waals surface area (Å²) < 4.78 is 26.6. The third-order valence-corrected chi connectivity index (χ3v) is 6.60. The van der Waals surface area contributed by atoms with Crippen LogP contribution in [-0.2, 0) is 20.6 Å². The molecule has 1 heterocycles. The Hall–Kier alpha value is -1.11. The predicted octanol–water partition coefficient (Wildman–Crippen LogP) is 3.04. The van der Waals surface area contributed by atoms with Gasteiger partial charge < -0.3 is 5.32 Å². The summed E-state index contributed by atoms with van der Waals surface area (Å²) in [5.41, 5.74) is 0.720. The second kappa shape index (κ2) is 9.01. The van der Waals surface area contributed by atoms with Crippen LogP contribution in [-0.4, -0.2) is 38.3 Å². The van der Waals surface area contributed by atoms with Gasteiger partial charge in [-0.25, -0.2) is 12.7 Å². The number of carbonyl (C=O) groups is 1. The first-order valence-corrected chi connectivity index (χ1v) is 10.8. The van der Waals surface area contributed by atoms with Gasteiger partial charge in [0.05, 0.1) is 5.75 Å². The first kappa shape index (κ1) is 20.2. The number of rotatable bonds is 7. The Labute approximate surface area is 155 Å². The lowest BCUT2D eigenvalue weighted by Crippen LogP contribution is -2.43. The van der Waals surface area contributed by atoms with Crippen LogP contribution in [0.25, 0.3) is 0 Å². The Kier molecular flexibility index (Phi) is 7.28. The SMILES string of the molecule is CC(C)CCNC(=O)C1CCN(S(=O)(=O)Cc2ccc(Cl)cc2)CC1. The van der Waals surface area contributed by atoms with E-state index in [1.54, 1.807) is 24.3 Å². The second-order valence-electron chi connectivity index (χ2n) is 7.03. The van der Waals surface area contributed by atoms with Crippen molar-refractivity contribution in [2.75, 3.05) is 19.6 Å². The van der Waals surface area contributed by atoms with Crippen molar-refractivity contribution >= 4 is 27.5 Å². The van der Waals surface area contributed by atoms with Gasteiger partial charge in [0.15, 0.2) is 0 Å². The number of nitrogens with one attached hydrogen (secondary N) is 1. The van der Waals surface area contributed by atoms with E-state index in [0.717, 1.165) is 12.0 Å². The number of halogens is 1. The van der Waals surface area contributed by atoms with E-state index in [2.05, 4.69) is 19.2 Å². The van der Waals surface area contributed by atoms with E-state index in [4.69, 9.17) is 11.6 Å². The lowest BCUT2D eigenvalue weighted by Gasteiger charge is -2.30. The van der Waals surface area contributed by atoms with Crippen molar-refractivity contribution < 1.29 is 13.2 Å². The van der Waals surface area contributed by atoms with Crippen molar-refractivity contribution in [3.8, 4) is 0 Å². The maximum atomic E-state index is 12.6. The van der Waals surface area contributed by atoms with Crippen LogP contribution >= 0.6 is 11.6 Å². The van der Waals surface area contributed by atoms with Crippen LogP contribution in [0.1, 0.15) is 38.7 Å². The normalized spacial score (nSPS) is 17.0. The molecule has 1 aromatic carbocycles. The highest BCUT2D eigenvalue weighted by Crippen LogP contribution is 2.22. The van der Waals surface area contributed by atoms with Crippen molar-refractivity contribution in [3.63, 3.8) is 0 Å². The molecule has 1 amide bonds. The topological polar surface area (TPSA) is 66.5 Å². The van der Waals surface area contributed by atoms with Gasteiger partial charge in [-0.15, -0.1) is 0 Å². The van der Waals surface area contributed by atoms with Crippen LogP contribution in [0.5, 0.6) is 0 Å². The molecule has 1 aliphatic rings. The van der Waals surface area contributed by atoms with Crippen LogP contribution < -0.4 is 5.32 Å². The lowest BCUT2D eigenvalue weighted by molar-refractivity contribution is -0.126. The molecule has 25 heavy (non-hydrogen) atoms. The van der Waals surface area contributed by atoms with Crippen molar-refractivity contribution in [1.82, 2.24) is 9.62 Å². The van der Waals surface area contributed by atoms with Gasteiger partial charge in [-0.05, 0) is 42.9 Å². The van der Waals surface area contributed by atoms with E-state index in [0.29, 0.717) is 43.4 Å². The number of hydrogen-bond donors (Lipinski definition) is 1. The standard InChI is InChI=1S/C18H27ClN2O3S/c1-14(2)7-10-20-18(22)16-8-11-21(12-9-16)25(23,24)13-15-3-5-17(19)6-4-15/h3-6,14,16H,7-13H2,1-2H3,(H,20,22). The monoisotopic (exact) mass is 386 g/mol. The highest BCUT2D eigenvalue weighted by molar-refractivity contribution is 7.88. The van der Waals surface area contributed by atoms with E-state index in [9.17, 15) is 13.2 Å². The minimum Gasteiger partial charge on any atom is -0.356 e. The summed E-state index contributed by atoms with van der Waals surface area (Å²) >= 11 is 5.83. The average molecular weight is 387 g/mol. The van der Waals surface area contributed by atoms with E-state index >= 15 is 0 Å². The summed E-state index contributed by atoms with van der Waals surface area (Å²) in [5, 5.41) is 3.55. The van der Waals surface area contributed by atoms with Gasteiger partial charge in [0.2, 0.25) is 15.9 Å². The fourth-order valence-corrected chi connectivity index (χ4v) is 4.60. The van der Waals surface area contributed by atoms with E-state index in [1.165, 1.54) is 4.31 Å². The van der Waals surface area contributed by atoms with Crippen molar-refractivity contribution in [2.45, 2.75) is 38.9 Å². The molecule has 1 saturated heterocycles. The van der Waals surface area contributed by atoms with Crippen LogP contribution in [0.3, 0.4) is 0 Å². The first-order valence-electron chi connectivity index (χ1n) is 8.78. The maximum Gasteiger partial charge on any atom is 0.223 e. The highest BCUT2D eigenvalue weighted by atomic mass is 35.5. The molecule has 2 rings (SSSR count). The largest absolute Gasteiger partial charge is 0.356 e. The third-order valence-electron chi connectivity index (χ3n) is 4.50. The van der Waals surface area contributed by atoms with E-state index in [1.807, 2.05) is 0 Å². The smallest absolute Gasteiger partial charge is 0.223 e. The average Bonchev–Trinajstić information content (AvgIpc) is 2.56. The molecule has 0 atom stereocenters. The van der Waals surface area contributed by atoms with Crippen LogP contribution in [0.4, 0.5) is 0 Å². The second-order valence-corrected chi connectivity index (χ2v) is 9.43. The van der Waals surface area contributed by atoms with Crippen LogP contribution in [0, 0.1) is 11.8 Å². The molecular formula is C18H27ClN2O3S. The molecule has 140 valence electrons. The van der Waals surface area contributed by atoms with Crippen LogP contribution in [0.15, 0.2) is 24.3 Å². The number of sulfonamides is 1. The number of nitrogens with zero attached hydrogens (tertiary/aromatic N) is 1. The fraction of sp³-hybridized carbons (Fsp3) is 0.611. The van der Waals surface area contributed by atoms with Gasteiger partial charge in [-0.3, -0.25) is 4.79 Å². The fourth-order valence-electron chi connectivity index (χ4n) is 2.91. The molecule has 1 aromatic rings. The third kappa shape index (κ3) is 6.28. The number of hydrogen-bond acceptors (Lipinski definition) is 3. The number of carbonyl (C=O) groups excluding carboxylic acids is 1. The van der Waals surface area contributed by atoms with Gasteiger partial charge in [-0.1, -0.05) is 37.6 Å². The van der Waals surface area contributed by atoms with Crippen molar-refractivity contribution in [2.24, 2.45) is 11.8 Å². The molecule has 1 fully saturated rings. The minimum absolute atomic E-state index is 0.0323. The molecule has 0 unspecified atom stereocenters. The molecule has 0 bridgehead atoms. The zero-order chi connectivity index (χ0) is 18.4. The van der Waals surface area contributed by atoms with E-state index in [-0.39, 0.29) is 17.6 Å². The van der Waals surface area contributed by atoms with E-state index < -0.39 is 10.0 Å². The quantitative estimate of drug-likeness (QED) is 0.783. The highest BCUT2D eigenvalue weighted by Gasteiger charge is 2.31. The summed E-state index contributed by atoms with van der Waals surface area (Å²) in [6.07, 6.45) is 2.11. The molecule has 5 nitrogen and oxygen atoms in total. The van der Waals surface area contributed by atoms with Gasteiger partial charge in [0.25, 0.3) is 0 Å². The van der Waals surface area contributed by atoms with Crippen molar-refractivity contribution in [3.05, 3.63) is 34.9 Å². The summed E-state index contributed by atoms with van der Waals surface area (Å²) in [6, 6.07) is 6.85. The van der Waals surface area contributed by atoms with Gasteiger partial charge in [0.1, 0.15) is 0 Å². The summed E-state index contributed by atoms with van der Waals surface area (Å²) in [7, 11) is -3.37. The number of amides is 1. The number of benzene rings is 1. The molecule has 0 saturated carbocycles. The molecule has 1 aliphatic heterocycles. The Bertz CT molecular complexity index is 666. The summed E-state index contributed by atoms with van der Waals surface area (Å²) in [4.78, 5) is 12.2. The Morgan fingerprint density at radius 3 is 2.40 bits per heavy atom. The number of piperidine rings is 1. The van der Waals surface area contributed by atoms with Crippen LogP contribution in [0.2, 0.25) is 5.02 Å². The van der Waals surface area contributed by atoms with Gasteiger partial charge >= 0.3 is 0 Å². The van der Waals surface area contributed by atoms with Crippen molar-refractivity contribution in [1.29, 1.82) is 0 Å². The Morgan fingerprint density at radius 1 is 1.24 bits per heavy atom. The predicted molar refractivity (Wildman–Crippen MR) is 101 cm³/mol. The molecule has 7 heteroatoms. The summed E-state index contributed by atoms with van der Waals surface area (Å²) in [6.45, 7) is 5.73. The molecule has 1 N–H and O–H groups in total.